The minimum atomic E-state index is -0.0897. The Kier molecular flexibility index (Phi) is 6.45. The van der Waals surface area contributed by atoms with E-state index in [0.29, 0.717) is 35.3 Å². The summed E-state index contributed by atoms with van der Waals surface area (Å²) in [6, 6.07) is 12.1. The van der Waals surface area contributed by atoms with Gasteiger partial charge < -0.3 is 9.30 Å². The van der Waals surface area contributed by atoms with Crippen molar-refractivity contribution in [1.29, 1.82) is 5.26 Å². The number of aryl methyl sites for hydroxylation is 1. The van der Waals surface area contributed by atoms with Gasteiger partial charge in [0.05, 0.1) is 28.8 Å². The highest BCUT2D eigenvalue weighted by Crippen LogP contribution is 2.37. The van der Waals surface area contributed by atoms with Crippen LogP contribution < -0.4 is 15.2 Å². The van der Waals surface area contributed by atoms with Gasteiger partial charge in [-0.1, -0.05) is 17.4 Å². The van der Waals surface area contributed by atoms with Gasteiger partial charge in [-0.3, -0.25) is 14.5 Å². The van der Waals surface area contributed by atoms with E-state index in [-0.39, 0.29) is 5.56 Å². The molecule has 0 radical (unpaired) electrons. The number of amides is 1. The molecule has 30 heavy (non-hydrogen) atoms. The third-order valence-electron chi connectivity index (χ3n) is 4.36. The van der Waals surface area contributed by atoms with Gasteiger partial charge in [-0.15, -0.1) is 0 Å². The number of aromatic nitrogens is 2. The molecule has 0 saturated carbocycles. The lowest BCUT2D eigenvalue weighted by Crippen LogP contribution is -2.15. The molecule has 2 heterocycles. The second-order valence-electron chi connectivity index (χ2n) is 6.43. The Morgan fingerprint density at radius 3 is 2.83 bits per heavy atom. The quantitative estimate of drug-likeness (QED) is 0.540. The first-order valence-corrected chi connectivity index (χ1v) is 10.0. The van der Waals surface area contributed by atoms with E-state index in [0.717, 1.165) is 16.0 Å². The molecule has 7 nitrogen and oxygen atoms in total. The van der Waals surface area contributed by atoms with Crippen molar-refractivity contribution in [3.8, 4) is 11.3 Å². The van der Waals surface area contributed by atoms with E-state index in [1.807, 2.05) is 19.9 Å². The fourth-order valence-electron chi connectivity index (χ4n) is 2.82. The molecular weight excluding hydrogens is 400 g/mol. The summed E-state index contributed by atoms with van der Waals surface area (Å²) in [6.07, 6.45) is 4.33. The van der Waals surface area contributed by atoms with Crippen LogP contribution in [0, 0.1) is 11.3 Å². The van der Waals surface area contributed by atoms with Gasteiger partial charge in [0, 0.05) is 19.3 Å². The number of carbonyl (C=O) groups is 1. The third kappa shape index (κ3) is 4.47. The molecule has 0 bridgehead atoms. The maximum Gasteiger partial charge on any atom is 0.275 e. The minimum Gasteiger partial charge on any atom is -0.470 e. The first-order valence-electron chi connectivity index (χ1n) is 9.20. The maximum absolute atomic E-state index is 12.0. The Morgan fingerprint density at radius 1 is 1.37 bits per heavy atom. The fourth-order valence-corrected chi connectivity index (χ4v) is 3.79. The molecule has 3 rings (SSSR count). The van der Waals surface area contributed by atoms with Crippen LogP contribution >= 0.6 is 11.3 Å². The highest BCUT2D eigenvalue weighted by atomic mass is 32.1. The van der Waals surface area contributed by atoms with Gasteiger partial charge in [0.2, 0.25) is 12.0 Å². The normalized spacial score (nSPS) is 11.1. The topological polar surface area (TPSA) is 88.2 Å². The van der Waals surface area contributed by atoms with E-state index in [4.69, 9.17) is 4.74 Å². The molecule has 0 unspecified atom stereocenters. The first-order chi connectivity index (χ1) is 14.5. The maximum atomic E-state index is 12.0. The number of benzene rings is 1. The second kappa shape index (κ2) is 9.20. The molecule has 0 aliphatic carbocycles. The predicted octanol–water partition coefficient (Wildman–Crippen LogP) is 3.97. The molecule has 0 atom stereocenters. The Labute approximate surface area is 178 Å². The molecule has 0 spiro atoms. The Morgan fingerprint density at radius 2 is 2.17 bits per heavy atom. The summed E-state index contributed by atoms with van der Waals surface area (Å²) in [5.74, 6) is 0.415. The summed E-state index contributed by atoms with van der Waals surface area (Å²) in [6.45, 7) is 4.23. The van der Waals surface area contributed by atoms with Crippen LogP contribution in [0.2, 0.25) is 0 Å². The summed E-state index contributed by atoms with van der Waals surface area (Å²) < 4.78 is 7.07. The SMILES string of the molecule is CCOc1nc(N(C=O)c2cccc(C#N)c2)c(/C=C(\C)c2ccc(=O)n(C)c2)s1. The van der Waals surface area contributed by atoms with E-state index < -0.39 is 0 Å². The molecule has 0 saturated heterocycles. The van der Waals surface area contributed by atoms with Crippen LogP contribution in [-0.2, 0) is 11.8 Å². The lowest BCUT2D eigenvalue weighted by atomic mass is 10.1. The zero-order valence-electron chi connectivity index (χ0n) is 16.8. The molecule has 1 aromatic carbocycles. The van der Waals surface area contributed by atoms with Gasteiger partial charge in [-0.25, -0.2) is 0 Å². The number of hydrogen-bond donors (Lipinski definition) is 0. The number of carbonyl (C=O) groups excluding carboxylic acids is 1. The number of rotatable bonds is 7. The van der Waals surface area contributed by atoms with E-state index in [2.05, 4.69) is 11.1 Å². The Bertz CT molecular complexity index is 1200. The Balaban J connectivity index is 2.10. The second-order valence-corrected chi connectivity index (χ2v) is 7.43. The number of anilines is 2. The summed E-state index contributed by atoms with van der Waals surface area (Å²) in [4.78, 5) is 30.2. The smallest absolute Gasteiger partial charge is 0.275 e. The zero-order valence-corrected chi connectivity index (χ0v) is 17.6. The van der Waals surface area contributed by atoms with Crippen molar-refractivity contribution in [2.24, 2.45) is 7.05 Å². The third-order valence-corrected chi connectivity index (χ3v) is 5.26. The number of hydrogen-bond acceptors (Lipinski definition) is 6. The molecule has 0 N–H and O–H groups in total. The molecule has 152 valence electrons. The van der Waals surface area contributed by atoms with Gasteiger partial charge >= 0.3 is 0 Å². The molecule has 0 aliphatic heterocycles. The summed E-state index contributed by atoms with van der Waals surface area (Å²) in [5, 5.41) is 9.62. The Hall–Kier alpha value is -3.70. The molecule has 1 amide bonds. The van der Waals surface area contributed by atoms with Crippen molar-refractivity contribution in [3.05, 3.63) is 69.0 Å². The average Bonchev–Trinajstić information content (AvgIpc) is 3.13. The van der Waals surface area contributed by atoms with E-state index in [1.54, 1.807) is 43.6 Å². The van der Waals surface area contributed by atoms with Crippen LogP contribution in [0.4, 0.5) is 11.5 Å². The fraction of sp³-hybridized carbons (Fsp3) is 0.182. The highest BCUT2D eigenvalue weighted by molar-refractivity contribution is 7.14. The van der Waals surface area contributed by atoms with Gasteiger partial charge in [0.25, 0.3) is 5.19 Å². The number of allylic oxidation sites excluding steroid dienone is 1. The minimum absolute atomic E-state index is 0.0897. The summed E-state index contributed by atoms with van der Waals surface area (Å²) in [7, 11) is 1.70. The van der Waals surface area contributed by atoms with Crippen LogP contribution in [0.1, 0.15) is 29.9 Å². The largest absolute Gasteiger partial charge is 0.470 e. The molecule has 8 heteroatoms. The summed E-state index contributed by atoms with van der Waals surface area (Å²) >= 11 is 1.32. The number of nitrogens with zero attached hydrogens (tertiary/aromatic N) is 4. The number of pyridine rings is 1. The van der Waals surface area contributed by atoms with Crippen molar-refractivity contribution in [3.63, 3.8) is 0 Å². The first kappa shape index (κ1) is 21.0. The molecule has 3 aromatic rings. The van der Waals surface area contributed by atoms with Crippen molar-refractivity contribution >= 4 is 40.9 Å². The molecule has 0 aliphatic rings. The number of ether oxygens (including phenoxy) is 1. The summed E-state index contributed by atoms with van der Waals surface area (Å²) in [5.41, 5.74) is 2.66. The van der Waals surface area contributed by atoms with Crippen LogP contribution in [0.25, 0.3) is 11.6 Å². The van der Waals surface area contributed by atoms with Gasteiger partial charge in [-0.05, 0) is 55.3 Å². The van der Waals surface area contributed by atoms with Gasteiger partial charge in [-0.2, -0.15) is 10.2 Å². The standard InChI is InChI=1S/C22H20N4O3S/c1-4-29-22-24-21(26(14-27)18-7-5-6-16(11-18)12-23)19(30-22)10-15(2)17-8-9-20(28)25(3)13-17/h5-11,13-14H,4H2,1-3H3/b15-10+. The van der Waals surface area contributed by atoms with E-state index in [9.17, 15) is 14.9 Å². The predicted molar refractivity (Wildman–Crippen MR) is 118 cm³/mol. The monoisotopic (exact) mass is 420 g/mol. The van der Waals surface area contributed by atoms with Crippen molar-refractivity contribution < 1.29 is 9.53 Å². The lowest BCUT2D eigenvalue weighted by molar-refractivity contribution is -0.106. The van der Waals surface area contributed by atoms with Crippen LogP contribution in [-0.4, -0.2) is 22.6 Å². The lowest BCUT2D eigenvalue weighted by Gasteiger charge is -2.16. The number of nitriles is 1. The average molecular weight is 420 g/mol. The van der Waals surface area contributed by atoms with Crippen LogP contribution in [0.5, 0.6) is 5.19 Å². The number of thiazole rings is 1. The van der Waals surface area contributed by atoms with Gasteiger partial charge in [0.1, 0.15) is 0 Å². The van der Waals surface area contributed by atoms with Crippen molar-refractivity contribution in [1.82, 2.24) is 9.55 Å². The molecule has 2 aromatic heterocycles. The van der Waals surface area contributed by atoms with Gasteiger partial charge in [0.15, 0.2) is 5.82 Å². The van der Waals surface area contributed by atoms with E-state index in [1.165, 1.54) is 26.9 Å². The molecule has 0 fully saturated rings. The zero-order chi connectivity index (χ0) is 21.7. The van der Waals surface area contributed by atoms with Crippen molar-refractivity contribution in [2.45, 2.75) is 13.8 Å². The molecular formula is C22H20N4O3S. The van der Waals surface area contributed by atoms with Crippen molar-refractivity contribution in [2.75, 3.05) is 11.5 Å². The van der Waals surface area contributed by atoms with Crippen LogP contribution in [0.15, 0.2) is 47.4 Å². The highest BCUT2D eigenvalue weighted by Gasteiger charge is 2.19. The van der Waals surface area contributed by atoms with E-state index >= 15 is 0 Å². The van der Waals surface area contributed by atoms with Crippen LogP contribution in [0.3, 0.4) is 0 Å².